The van der Waals surface area contributed by atoms with Crippen molar-refractivity contribution in [3.05, 3.63) is 30.3 Å². The molecule has 0 fully saturated rings. The lowest BCUT2D eigenvalue weighted by molar-refractivity contribution is 0.172. The molecule has 0 atom stereocenters. The highest BCUT2D eigenvalue weighted by atomic mass is 16.7. The van der Waals surface area contributed by atoms with E-state index in [-0.39, 0.29) is 6.79 Å². The first kappa shape index (κ1) is 12.0. The molecule has 0 spiro atoms. The van der Waals surface area contributed by atoms with E-state index in [1.165, 1.54) is 0 Å². The maximum Gasteiger partial charge on any atom is 0.231 e. The minimum atomic E-state index is 0.255. The molecule has 0 saturated carbocycles. The van der Waals surface area contributed by atoms with Gasteiger partial charge in [-0.2, -0.15) is 0 Å². The average molecular weight is 286 g/mol. The monoisotopic (exact) mass is 286 g/mol. The van der Waals surface area contributed by atoms with Gasteiger partial charge in [-0.05, 0) is 12.1 Å². The van der Waals surface area contributed by atoms with Crippen LogP contribution in [0.15, 0.2) is 30.3 Å². The van der Waals surface area contributed by atoms with Crippen molar-refractivity contribution in [3.8, 4) is 23.0 Å². The number of hydrogen-bond acceptors (Lipinski definition) is 6. The van der Waals surface area contributed by atoms with Crippen molar-refractivity contribution in [3.63, 3.8) is 0 Å². The lowest BCUT2D eigenvalue weighted by Crippen LogP contribution is -2.15. The van der Waals surface area contributed by atoms with Crippen molar-refractivity contribution in [2.45, 2.75) is 0 Å². The smallest absolute Gasteiger partial charge is 0.231 e. The predicted molar refractivity (Wildman–Crippen MR) is 77.7 cm³/mol. The van der Waals surface area contributed by atoms with Gasteiger partial charge in [0.25, 0.3) is 0 Å². The SMILES string of the molecule is Nc1cc2c(cc1Nc1ccc3c(c1)OCO3)OCCO2. The second kappa shape index (κ2) is 4.66. The van der Waals surface area contributed by atoms with Crippen LogP contribution in [0, 0.1) is 0 Å². The molecule has 2 aromatic rings. The molecule has 2 aliphatic rings. The topological polar surface area (TPSA) is 75.0 Å². The van der Waals surface area contributed by atoms with Crippen molar-refractivity contribution < 1.29 is 18.9 Å². The summed E-state index contributed by atoms with van der Waals surface area (Å²) in [5.74, 6) is 2.83. The van der Waals surface area contributed by atoms with Crippen LogP contribution in [-0.2, 0) is 0 Å². The quantitative estimate of drug-likeness (QED) is 0.826. The lowest BCUT2D eigenvalue weighted by Gasteiger charge is -2.20. The van der Waals surface area contributed by atoms with Gasteiger partial charge >= 0.3 is 0 Å². The normalized spacial score (nSPS) is 14.9. The van der Waals surface area contributed by atoms with Crippen LogP contribution in [0.2, 0.25) is 0 Å². The lowest BCUT2D eigenvalue weighted by atomic mass is 10.2. The average Bonchev–Trinajstić information content (AvgIpc) is 2.95. The van der Waals surface area contributed by atoms with E-state index in [1.807, 2.05) is 24.3 Å². The van der Waals surface area contributed by atoms with E-state index in [9.17, 15) is 0 Å². The number of nitrogens with two attached hydrogens (primary N) is 1. The van der Waals surface area contributed by atoms with Crippen LogP contribution in [0.3, 0.4) is 0 Å². The molecule has 2 aliphatic heterocycles. The first-order valence-electron chi connectivity index (χ1n) is 6.65. The summed E-state index contributed by atoms with van der Waals surface area (Å²) in [5.41, 5.74) is 8.27. The molecule has 21 heavy (non-hydrogen) atoms. The third-order valence-corrected chi connectivity index (χ3v) is 3.37. The number of ether oxygens (including phenoxy) is 4. The van der Waals surface area contributed by atoms with E-state index in [0.717, 1.165) is 22.9 Å². The van der Waals surface area contributed by atoms with Crippen LogP contribution >= 0.6 is 0 Å². The Bertz CT molecular complexity index is 702. The van der Waals surface area contributed by atoms with Gasteiger partial charge < -0.3 is 30.0 Å². The van der Waals surface area contributed by atoms with E-state index in [2.05, 4.69) is 5.32 Å². The molecule has 6 nitrogen and oxygen atoms in total. The molecule has 0 radical (unpaired) electrons. The van der Waals surface area contributed by atoms with E-state index in [0.29, 0.717) is 30.4 Å². The van der Waals surface area contributed by atoms with Gasteiger partial charge in [0.2, 0.25) is 6.79 Å². The Morgan fingerprint density at radius 3 is 2.38 bits per heavy atom. The summed E-state index contributed by atoms with van der Waals surface area (Å²) in [6.07, 6.45) is 0. The molecule has 3 N–H and O–H groups in total. The first-order valence-corrected chi connectivity index (χ1v) is 6.65. The first-order chi connectivity index (χ1) is 10.3. The molecule has 108 valence electrons. The molecule has 0 aliphatic carbocycles. The van der Waals surface area contributed by atoms with Crippen molar-refractivity contribution in [1.29, 1.82) is 0 Å². The van der Waals surface area contributed by atoms with Crippen LogP contribution < -0.4 is 30.0 Å². The number of benzene rings is 2. The van der Waals surface area contributed by atoms with Crippen molar-refractivity contribution in [1.82, 2.24) is 0 Å². The number of nitrogen functional groups attached to an aromatic ring is 1. The molecule has 0 aromatic heterocycles. The van der Waals surface area contributed by atoms with E-state index >= 15 is 0 Å². The van der Waals surface area contributed by atoms with Crippen LogP contribution in [0.25, 0.3) is 0 Å². The fourth-order valence-corrected chi connectivity index (χ4v) is 2.34. The second-order valence-corrected chi connectivity index (χ2v) is 4.78. The molecule has 0 saturated heterocycles. The van der Waals surface area contributed by atoms with Crippen LogP contribution in [-0.4, -0.2) is 20.0 Å². The van der Waals surface area contributed by atoms with Gasteiger partial charge in [0.15, 0.2) is 23.0 Å². The van der Waals surface area contributed by atoms with Crippen molar-refractivity contribution >= 4 is 17.1 Å². The molecule has 2 heterocycles. The van der Waals surface area contributed by atoms with Crippen LogP contribution in [0.1, 0.15) is 0 Å². The third kappa shape index (κ3) is 2.14. The highest BCUT2D eigenvalue weighted by Gasteiger charge is 2.16. The molecule has 0 unspecified atom stereocenters. The summed E-state index contributed by atoms with van der Waals surface area (Å²) in [6, 6.07) is 9.25. The zero-order valence-corrected chi connectivity index (χ0v) is 11.2. The van der Waals surface area contributed by atoms with Gasteiger partial charge in [0.05, 0.1) is 11.4 Å². The van der Waals surface area contributed by atoms with Crippen molar-refractivity contribution in [2.24, 2.45) is 0 Å². The van der Waals surface area contributed by atoms with Gasteiger partial charge in [-0.25, -0.2) is 0 Å². The fraction of sp³-hybridized carbons (Fsp3) is 0.200. The number of rotatable bonds is 2. The van der Waals surface area contributed by atoms with Gasteiger partial charge in [0.1, 0.15) is 13.2 Å². The number of fused-ring (bicyclic) bond motifs is 2. The Hall–Kier alpha value is -2.76. The second-order valence-electron chi connectivity index (χ2n) is 4.78. The predicted octanol–water partition coefficient (Wildman–Crippen LogP) is 2.51. The Balaban J connectivity index is 1.65. The Kier molecular flexibility index (Phi) is 2.67. The summed E-state index contributed by atoms with van der Waals surface area (Å²) >= 11 is 0. The zero-order valence-electron chi connectivity index (χ0n) is 11.2. The number of nitrogens with one attached hydrogen (secondary N) is 1. The van der Waals surface area contributed by atoms with E-state index in [4.69, 9.17) is 24.7 Å². The standard InChI is InChI=1S/C15H14N2O4/c16-10-6-14-15(19-4-3-18-14)7-11(10)17-9-1-2-12-13(5-9)21-8-20-12/h1-2,5-7,17H,3-4,8,16H2. The highest BCUT2D eigenvalue weighted by molar-refractivity contribution is 5.77. The number of hydrogen-bond donors (Lipinski definition) is 2. The largest absolute Gasteiger partial charge is 0.486 e. The molecule has 0 amide bonds. The van der Waals surface area contributed by atoms with Crippen LogP contribution in [0.5, 0.6) is 23.0 Å². The van der Waals surface area contributed by atoms with E-state index in [1.54, 1.807) is 6.07 Å². The number of anilines is 3. The zero-order chi connectivity index (χ0) is 14.2. The third-order valence-electron chi connectivity index (χ3n) is 3.37. The molecule has 6 heteroatoms. The van der Waals surface area contributed by atoms with Crippen LogP contribution in [0.4, 0.5) is 17.1 Å². The van der Waals surface area contributed by atoms with Gasteiger partial charge in [-0.15, -0.1) is 0 Å². The van der Waals surface area contributed by atoms with Crippen molar-refractivity contribution in [2.75, 3.05) is 31.1 Å². The Morgan fingerprint density at radius 1 is 0.810 bits per heavy atom. The Morgan fingerprint density at radius 2 is 1.52 bits per heavy atom. The summed E-state index contributed by atoms with van der Waals surface area (Å²) in [4.78, 5) is 0. The molecule has 0 bridgehead atoms. The maximum absolute atomic E-state index is 6.05. The summed E-state index contributed by atoms with van der Waals surface area (Å²) in [6.45, 7) is 1.34. The minimum Gasteiger partial charge on any atom is -0.486 e. The summed E-state index contributed by atoms with van der Waals surface area (Å²) in [7, 11) is 0. The maximum atomic E-state index is 6.05. The molecular formula is C15H14N2O4. The molecular weight excluding hydrogens is 272 g/mol. The van der Waals surface area contributed by atoms with Gasteiger partial charge in [-0.1, -0.05) is 0 Å². The van der Waals surface area contributed by atoms with E-state index < -0.39 is 0 Å². The highest BCUT2D eigenvalue weighted by Crippen LogP contribution is 2.40. The Labute approximate surface area is 121 Å². The minimum absolute atomic E-state index is 0.255. The summed E-state index contributed by atoms with van der Waals surface area (Å²) in [5, 5.41) is 3.26. The summed E-state index contributed by atoms with van der Waals surface area (Å²) < 4.78 is 21.7. The fourth-order valence-electron chi connectivity index (χ4n) is 2.34. The van der Waals surface area contributed by atoms with Gasteiger partial charge in [0, 0.05) is 23.9 Å². The molecule has 4 rings (SSSR count). The molecule has 2 aromatic carbocycles. The van der Waals surface area contributed by atoms with Gasteiger partial charge in [-0.3, -0.25) is 0 Å².